The van der Waals surface area contributed by atoms with Gasteiger partial charge < -0.3 is 0 Å². The van der Waals surface area contributed by atoms with E-state index in [2.05, 4.69) is 13.0 Å². The minimum atomic E-state index is 0.375. The summed E-state index contributed by atoms with van der Waals surface area (Å²) in [5.41, 5.74) is 0. The lowest BCUT2D eigenvalue weighted by molar-refractivity contribution is -0.119. The van der Waals surface area contributed by atoms with Crippen LogP contribution in [0.4, 0.5) is 0 Å². The summed E-state index contributed by atoms with van der Waals surface area (Å²) >= 11 is 0. The molecule has 0 N–H and O–H groups in total. The second kappa shape index (κ2) is 2.12. The van der Waals surface area contributed by atoms with Gasteiger partial charge in [0.05, 0.1) is 0 Å². The minimum Gasteiger partial charge on any atom is -0.299 e. The molecule has 0 saturated carbocycles. The van der Waals surface area contributed by atoms with Crippen molar-refractivity contribution >= 4 is 5.78 Å². The fourth-order valence-corrected chi connectivity index (χ4v) is 0.942. The molecule has 0 amide bonds. The van der Waals surface area contributed by atoms with Gasteiger partial charge in [-0.3, -0.25) is 4.79 Å². The first-order valence-corrected chi connectivity index (χ1v) is 2.97. The van der Waals surface area contributed by atoms with Crippen molar-refractivity contribution in [3.63, 3.8) is 0 Å². The molecule has 1 nitrogen and oxygen atoms in total. The monoisotopic (exact) mass is 110 g/mol. The topological polar surface area (TPSA) is 17.1 Å². The average Bonchev–Trinajstić information content (AvgIpc) is 1.64. The van der Waals surface area contributed by atoms with Crippen LogP contribution >= 0.6 is 0 Å². The molecule has 0 aromatic carbocycles. The zero-order chi connectivity index (χ0) is 5.98. The van der Waals surface area contributed by atoms with Crippen LogP contribution < -0.4 is 0 Å². The van der Waals surface area contributed by atoms with Crippen molar-refractivity contribution in [2.24, 2.45) is 5.92 Å². The summed E-state index contributed by atoms with van der Waals surface area (Å²) in [6.45, 7) is 2.06. The molecule has 0 bridgehead atoms. The lowest BCUT2D eigenvalue weighted by Gasteiger charge is -2.07. The van der Waals surface area contributed by atoms with Gasteiger partial charge in [-0.2, -0.15) is 0 Å². The molecule has 0 aliphatic heterocycles. The molecular formula is C7H10O. The van der Waals surface area contributed by atoms with E-state index in [-0.39, 0.29) is 0 Å². The Bertz CT molecular complexity index is 124. The quantitative estimate of drug-likeness (QED) is 0.432. The van der Waals surface area contributed by atoms with E-state index >= 15 is 0 Å². The van der Waals surface area contributed by atoms with Gasteiger partial charge in [-0.05, 0) is 5.92 Å². The summed E-state index contributed by atoms with van der Waals surface area (Å²) in [6, 6.07) is 0. The molecular weight excluding hydrogens is 100 g/mol. The molecule has 0 aromatic rings. The van der Waals surface area contributed by atoms with Gasteiger partial charge in [0.1, 0.15) is 5.78 Å². The predicted octanol–water partition coefficient (Wildman–Crippen LogP) is 1.54. The van der Waals surface area contributed by atoms with Gasteiger partial charge in [0, 0.05) is 12.8 Å². The Balaban J connectivity index is 2.54. The molecule has 0 aromatic heterocycles. The van der Waals surface area contributed by atoms with E-state index < -0.39 is 0 Å². The third kappa shape index (κ3) is 1.19. The molecule has 0 heterocycles. The smallest absolute Gasteiger partial charge is 0.137 e. The first kappa shape index (κ1) is 5.54. The molecule has 1 unspecified atom stereocenters. The van der Waals surface area contributed by atoms with Gasteiger partial charge in [-0.15, -0.1) is 0 Å². The zero-order valence-electron chi connectivity index (χ0n) is 5.05. The van der Waals surface area contributed by atoms with Crippen molar-refractivity contribution in [2.75, 3.05) is 0 Å². The van der Waals surface area contributed by atoms with Gasteiger partial charge in [0.25, 0.3) is 0 Å². The molecule has 1 rings (SSSR count). The Morgan fingerprint density at radius 3 is 2.88 bits per heavy atom. The Labute approximate surface area is 49.4 Å². The number of hydrogen-bond donors (Lipinski definition) is 0. The maximum Gasteiger partial charge on any atom is 0.137 e. The van der Waals surface area contributed by atoms with Crippen molar-refractivity contribution in [3.8, 4) is 0 Å². The Hall–Kier alpha value is -0.590. The predicted molar refractivity (Wildman–Crippen MR) is 32.5 cm³/mol. The van der Waals surface area contributed by atoms with E-state index in [0.29, 0.717) is 18.1 Å². The van der Waals surface area contributed by atoms with Gasteiger partial charge in [0.15, 0.2) is 0 Å². The van der Waals surface area contributed by atoms with Crippen molar-refractivity contribution < 1.29 is 4.79 Å². The molecule has 8 heavy (non-hydrogen) atoms. The van der Waals surface area contributed by atoms with E-state index in [1.807, 2.05) is 6.08 Å². The van der Waals surface area contributed by atoms with Crippen LogP contribution in [-0.2, 0) is 4.79 Å². The van der Waals surface area contributed by atoms with Crippen LogP contribution in [0.25, 0.3) is 0 Å². The average molecular weight is 110 g/mol. The van der Waals surface area contributed by atoms with Crippen molar-refractivity contribution in [1.29, 1.82) is 0 Å². The fraction of sp³-hybridized carbons (Fsp3) is 0.571. The van der Waals surface area contributed by atoms with Crippen LogP contribution in [0.5, 0.6) is 0 Å². The maximum atomic E-state index is 10.6. The summed E-state index contributed by atoms with van der Waals surface area (Å²) in [5, 5.41) is 0. The van der Waals surface area contributed by atoms with E-state index in [4.69, 9.17) is 0 Å². The van der Waals surface area contributed by atoms with Gasteiger partial charge in [-0.25, -0.2) is 0 Å². The molecule has 44 valence electrons. The van der Waals surface area contributed by atoms with Crippen LogP contribution in [0.1, 0.15) is 19.8 Å². The summed E-state index contributed by atoms with van der Waals surface area (Å²) in [7, 11) is 0. The second-order valence-electron chi connectivity index (χ2n) is 2.35. The van der Waals surface area contributed by atoms with E-state index in [1.54, 1.807) is 0 Å². The van der Waals surface area contributed by atoms with E-state index in [0.717, 1.165) is 6.42 Å². The number of hydrogen-bond acceptors (Lipinski definition) is 1. The Morgan fingerprint density at radius 2 is 2.50 bits per heavy atom. The van der Waals surface area contributed by atoms with Gasteiger partial charge >= 0.3 is 0 Å². The van der Waals surface area contributed by atoms with Crippen molar-refractivity contribution in [3.05, 3.63) is 12.2 Å². The van der Waals surface area contributed by atoms with Crippen LogP contribution in [0.3, 0.4) is 0 Å². The second-order valence-corrected chi connectivity index (χ2v) is 2.35. The highest BCUT2D eigenvalue weighted by Crippen LogP contribution is 2.11. The number of Topliss-reactive ketones (excluding diaryl/α,β-unsaturated/α-hetero) is 1. The first-order chi connectivity index (χ1) is 3.79. The third-order valence-corrected chi connectivity index (χ3v) is 1.36. The highest BCUT2D eigenvalue weighted by Gasteiger charge is 2.08. The molecule has 1 heteroatoms. The van der Waals surface area contributed by atoms with Crippen molar-refractivity contribution in [1.82, 2.24) is 0 Å². The van der Waals surface area contributed by atoms with Crippen LogP contribution in [-0.4, -0.2) is 5.78 Å². The van der Waals surface area contributed by atoms with Crippen LogP contribution in [0, 0.1) is 5.92 Å². The highest BCUT2D eigenvalue weighted by molar-refractivity contribution is 5.81. The Kier molecular flexibility index (Phi) is 1.47. The zero-order valence-corrected chi connectivity index (χ0v) is 5.05. The normalized spacial score (nSPS) is 28.6. The van der Waals surface area contributed by atoms with E-state index in [9.17, 15) is 4.79 Å². The van der Waals surface area contributed by atoms with Crippen LogP contribution in [0.15, 0.2) is 12.2 Å². The first-order valence-electron chi connectivity index (χ1n) is 2.97. The molecule has 1 aliphatic rings. The summed E-state index contributed by atoms with van der Waals surface area (Å²) < 4.78 is 0. The molecule has 1 atom stereocenters. The summed E-state index contributed by atoms with van der Waals surface area (Å²) in [4.78, 5) is 10.6. The number of ketones is 1. The molecule has 0 saturated heterocycles. The maximum absolute atomic E-state index is 10.6. The van der Waals surface area contributed by atoms with Crippen LogP contribution in [0.2, 0.25) is 0 Å². The number of rotatable bonds is 0. The SMILES string of the molecule is CC1C=CCC(=O)C1. The van der Waals surface area contributed by atoms with Gasteiger partial charge in [0.2, 0.25) is 0 Å². The third-order valence-electron chi connectivity index (χ3n) is 1.36. The van der Waals surface area contributed by atoms with Gasteiger partial charge in [-0.1, -0.05) is 19.1 Å². The lowest BCUT2D eigenvalue weighted by atomic mass is 9.97. The fourth-order valence-electron chi connectivity index (χ4n) is 0.942. The number of carbonyl (C=O) groups is 1. The molecule has 0 spiro atoms. The molecule has 0 radical (unpaired) electrons. The Morgan fingerprint density at radius 1 is 1.75 bits per heavy atom. The molecule has 1 aliphatic carbocycles. The van der Waals surface area contributed by atoms with E-state index in [1.165, 1.54) is 0 Å². The number of carbonyl (C=O) groups excluding carboxylic acids is 1. The highest BCUT2D eigenvalue weighted by atomic mass is 16.1. The summed E-state index contributed by atoms with van der Waals surface area (Å²) in [5.74, 6) is 0.858. The minimum absolute atomic E-state index is 0.375. The lowest BCUT2D eigenvalue weighted by Crippen LogP contribution is -2.06. The number of allylic oxidation sites excluding steroid dienone is 2. The van der Waals surface area contributed by atoms with Crippen molar-refractivity contribution in [2.45, 2.75) is 19.8 Å². The standard InChI is InChI=1S/C7H10O/c1-6-3-2-4-7(8)5-6/h2-3,6H,4-5H2,1H3. The molecule has 0 fully saturated rings. The summed E-state index contributed by atoms with van der Waals surface area (Å²) in [6.07, 6.45) is 5.46. The largest absolute Gasteiger partial charge is 0.299 e.